The fourth-order valence-corrected chi connectivity index (χ4v) is 3.13. The summed E-state index contributed by atoms with van der Waals surface area (Å²) >= 11 is 12.0. The number of nitrogens with zero attached hydrogens (tertiary/aromatic N) is 1. The highest BCUT2D eigenvalue weighted by Crippen LogP contribution is 2.25. The van der Waals surface area contributed by atoms with Gasteiger partial charge < -0.3 is 15.4 Å². The third kappa shape index (κ3) is 5.21. The van der Waals surface area contributed by atoms with Crippen molar-refractivity contribution >= 4 is 47.1 Å². The molecule has 1 heterocycles. The Morgan fingerprint density at radius 2 is 1.92 bits per heavy atom. The summed E-state index contributed by atoms with van der Waals surface area (Å²) in [6, 6.07) is 4.33. The molecule has 25 heavy (non-hydrogen) atoms. The lowest BCUT2D eigenvalue weighted by molar-refractivity contribution is -0.151. The minimum Gasteiger partial charge on any atom is -0.452 e. The number of carbonyl (C=O) groups is 3. The van der Waals surface area contributed by atoms with Crippen LogP contribution in [0.4, 0.5) is 0 Å². The standard InChI is InChI=1S/C17H18Cl2N2O4/c18-12-4-3-5-13(19)11(12)7-8-16(23)25-10-15(22)21-9-2-1-6-14(21)17(20)24/h3-5,7-8,14H,1-2,6,9-10H2,(H2,20,24)/b8-7+/t14-/m1/s1. The molecule has 2 amide bonds. The lowest BCUT2D eigenvalue weighted by Gasteiger charge is -2.33. The molecule has 1 aliphatic heterocycles. The van der Waals surface area contributed by atoms with E-state index in [1.165, 1.54) is 11.0 Å². The van der Waals surface area contributed by atoms with Gasteiger partial charge in [0.05, 0.1) is 0 Å². The van der Waals surface area contributed by atoms with Gasteiger partial charge in [0.15, 0.2) is 6.61 Å². The molecular weight excluding hydrogens is 367 g/mol. The smallest absolute Gasteiger partial charge is 0.331 e. The number of primary amides is 1. The maximum absolute atomic E-state index is 12.2. The van der Waals surface area contributed by atoms with E-state index in [9.17, 15) is 14.4 Å². The van der Waals surface area contributed by atoms with E-state index in [-0.39, 0.29) is 0 Å². The number of piperidine rings is 1. The summed E-state index contributed by atoms with van der Waals surface area (Å²) in [5.41, 5.74) is 5.80. The van der Waals surface area contributed by atoms with Crippen LogP contribution in [0.3, 0.4) is 0 Å². The molecule has 0 bridgehead atoms. The van der Waals surface area contributed by atoms with E-state index in [0.29, 0.717) is 28.6 Å². The molecule has 2 N–H and O–H groups in total. The number of carbonyl (C=O) groups excluding carboxylic acids is 3. The van der Waals surface area contributed by atoms with Gasteiger partial charge in [0.1, 0.15) is 6.04 Å². The quantitative estimate of drug-likeness (QED) is 0.623. The van der Waals surface area contributed by atoms with Gasteiger partial charge in [-0.2, -0.15) is 0 Å². The van der Waals surface area contributed by atoms with Crippen molar-refractivity contribution in [3.05, 3.63) is 39.9 Å². The van der Waals surface area contributed by atoms with E-state index < -0.39 is 30.4 Å². The number of hydrogen-bond acceptors (Lipinski definition) is 4. The fourth-order valence-electron chi connectivity index (χ4n) is 2.61. The lowest BCUT2D eigenvalue weighted by atomic mass is 10.0. The number of amides is 2. The van der Waals surface area contributed by atoms with Gasteiger partial charge in [-0.3, -0.25) is 9.59 Å². The summed E-state index contributed by atoms with van der Waals surface area (Å²) in [6.07, 6.45) is 4.71. The third-order valence-electron chi connectivity index (χ3n) is 3.88. The van der Waals surface area contributed by atoms with Crippen LogP contribution >= 0.6 is 23.2 Å². The number of rotatable bonds is 5. The first-order valence-electron chi connectivity index (χ1n) is 7.78. The molecule has 1 atom stereocenters. The van der Waals surface area contributed by atoms with Crippen LogP contribution in [0.5, 0.6) is 0 Å². The maximum atomic E-state index is 12.2. The summed E-state index contributed by atoms with van der Waals surface area (Å²) in [5.74, 6) is -1.70. The molecule has 1 saturated heterocycles. The normalized spacial score (nSPS) is 17.5. The third-order valence-corrected chi connectivity index (χ3v) is 4.53. The van der Waals surface area contributed by atoms with Crippen molar-refractivity contribution in [1.29, 1.82) is 0 Å². The zero-order chi connectivity index (χ0) is 18.4. The summed E-state index contributed by atoms with van der Waals surface area (Å²) in [5, 5.41) is 0.787. The fraction of sp³-hybridized carbons (Fsp3) is 0.353. The van der Waals surface area contributed by atoms with E-state index in [0.717, 1.165) is 18.9 Å². The van der Waals surface area contributed by atoms with Crippen LogP contribution in [0.1, 0.15) is 24.8 Å². The van der Waals surface area contributed by atoms with Crippen molar-refractivity contribution < 1.29 is 19.1 Å². The van der Waals surface area contributed by atoms with Gasteiger partial charge in [0.2, 0.25) is 5.91 Å². The predicted octanol–water partition coefficient (Wildman–Crippen LogP) is 2.42. The molecule has 1 aliphatic rings. The minimum absolute atomic E-state index is 0.394. The largest absolute Gasteiger partial charge is 0.452 e. The Hall–Kier alpha value is -2.05. The molecule has 0 aliphatic carbocycles. The van der Waals surface area contributed by atoms with E-state index in [2.05, 4.69) is 0 Å². The van der Waals surface area contributed by atoms with E-state index in [1.54, 1.807) is 18.2 Å². The Labute approximate surface area is 155 Å². The maximum Gasteiger partial charge on any atom is 0.331 e. The zero-order valence-electron chi connectivity index (χ0n) is 13.4. The molecular formula is C17H18Cl2N2O4. The van der Waals surface area contributed by atoms with Crippen LogP contribution < -0.4 is 5.73 Å². The van der Waals surface area contributed by atoms with Gasteiger partial charge in [0.25, 0.3) is 5.91 Å². The van der Waals surface area contributed by atoms with Gasteiger partial charge in [-0.15, -0.1) is 0 Å². The Morgan fingerprint density at radius 3 is 2.56 bits per heavy atom. The second-order valence-corrected chi connectivity index (χ2v) is 6.39. The van der Waals surface area contributed by atoms with Crippen LogP contribution in [-0.2, 0) is 19.1 Å². The van der Waals surface area contributed by atoms with Crippen LogP contribution in [0, 0.1) is 0 Å². The molecule has 0 radical (unpaired) electrons. The highest BCUT2D eigenvalue weighted by molar-refractivity contribution is 6.37. The average molecular weight is 385 g/mol. The number of benzene rings is 1. The molecule has 1 fully saturated rings. The van der Waals surface area contributed by atoms with Crippen molar-refractivity contribution in [3.63, 3.8) is 0 Å². The number of halogens is 2. The van der Waals surface area contributed by atoms with E-state index in [1.807, 2.05) is 0 Å². The SMILES string of the molecule is NC(=O)[C@H]1CCCCN1C(=O)COC(=O)/C=C/c1c(Cl)cccc1Cl. The summed E-state index contributed by atoms with van der Waals surface area (Å²) < 4.78 is 4.93. The zero-order valence-corrected chi connectivity index (χ0v) is 14.9. The van der Waals surface area contributed by atoms with Crippen LogP contribution in [-0.4, -0.2) is 41.9 Å². The Bertz CT molecular complexity index is 686. The molecule has 0 saturated carbocycles. The molecule has 2 rings (SSSR count). The molecule has 0 aromatic heterocycles. The number of esters is 1. The van der Waals surface area contributed by atoms with Crippen LogP contribution in [0.25, 0.3) is 6.08 Å². The number of hydrogen-bond donors (Lipinski definition) is 1. The first kappa shape index (κ1) is 19.3. The first-order chi connectivity index (χ1) is 11.9. The number of likely N-dealkylation sites (tertiary alicyclic amines) is 1. The monoisotopic (exact) mass is 384 g/mol. The Morgan fingerprint density at radius 1 is 1.24 bits per heavy atom. The van der Waals surface area contributed by atoms with Crippen molar-refractivity contribution in [2.75, 3.05) is 13.2 Å². The van der Waals surface area contributed by atoms with Crippen molar-refractivity contribution in [3.8, 4) is 0 Å². The number of nitrogens with two attached hydrogens (primary N) is 1. The second kappa shape index (κ2) is 8.87. The van der Waals surface area contributed by atoms with Gasteiger partial charge >= 0.3 is 5.97 Å². The van der Waals surface area contributed by atoms with E-state index in [4.69, 9.17) is 33.7 Å². The average Bonchev–Trinajstić information content (AvgIpc) is 2.59. The molecule has 1 aromatic rings. The molecule has 8 heteroatoms. The predicted molar refractivity (Wildman–Crippen MR) is 95.0 cm³/mol. The van der Waals surface area contributed by atoms with Crippen molar-refractivity contribution in [2.24, 2.45) is 5.73 Å². The van der Waals surface area contributed by atoms with Crippen LogP contribution in [0.2, 0.25) is 10.0 Å². The van der Waals surface area contributed by atoms with Gasteiger partial charge in [-0.05, 0) is 37.5 Å². The van der Waals surface area contributed by atoms with E-state index >= 15 is 0 Å². The Kier molecular flexibility index (Phi) is 6.84. The second-order valence-electron chi connectivity index (χ2n) is 5.58. The highest BCUT2D eigenvalue weighted by atomic mass is 35.5. The summed E-state index contributed by atoms with van der Waals surface area (Å²) in [7, 11) is 0. The molecule has 6 nitrogen and oxygen atoms in total. The lowest BCUT2D eigenvalue weighted by Crippen LogP contribution is -2.51. The topological polar surface area (TPSA) is 89.7 Å². The van der Waals surface area contributed by atoms with Gasteiger partial charge in [-0.1, -0.05) is 29.3 Å². The molecule has 134 valence electrons. The van der Waals surface area contributed by atoms with Crippen molar-refractivity contribution in [2.45, 2.75) is 25.3 Å². The molecule has 1 aromatic carbocycles. The summed E-state index contributed by atoms with van der Waals surface area (Å²) in [6.45, 7) is -0.0295. The highest BCUT2D eigenvalue weighted by Gasteiger charge is 2.30. The molecule has 0 spiro atoms. The van der Waals surface area contributed by atoms with Gasteiger partial charge in [0, 0.05) is 28.2 Å². The van der Waals surface area contributed by atoms with Gasteiger partial charge in [-0.25, -0.2) is 4.79 Å². The Balaban J connectivity index is 1.92. The van der Waals surface area contributed by atoms with Crippen LogP contribution in [0.15, 0.2) is 24.3 Å². The summed E-state index contributed by atoms with van der Waals surface area (Å²) in [4.78, 5) is 36.7. The number of ether oxygens (including phenoxy) is 1. The van der Waals surface area contributed by atoms with Crippen molar-refractivity contribution in [1.82, 2.24) is 4.90 Å². The molecule has 0 unspecified atom stereocenters. The first-order valence-corrected chi connectivity index (χ1v) is 8.53. The minimum atomic E-state index is -0.711.